The van der Waals surface area contributed by atoms with Gasteiger partial charge in [0.1, 0.15) is 0 Å². The molecule has 0 unspecified atom stereocenters. The topological polar surface area (TPSA) is 75.3 Å². The molecule has 1 amide bonds. The Hall–Kier alpha value is -3.27. The largest absolute Gasteiger partial charge is 0.341 e. The van der Waals surface area contributed by atoms with Crippen molar-refractivity contribution in [2.24, 2.45) is 0 Å². The van der Waals surface area contributed by atoms with Gasteiger partial charge in [-0.3, -0.25) is 9.52 Å². The molecule has 5 nitrogen and oxygen atoms in total. The van der Waals surface area contributed by atoms with Crippen LogP contribution in [0.3, 0.4) is 0 Å². The molecule has 0 atom stereocenters. The fourth-order valence-electron chi connectivity index (χ4n) is 2.41. The summed E-state index contributed by atoms with van der Waals surface area (Å²) in [7, 11) is -3.77. The number of nitrogens with one attached hydrogen (secondary N) is 2. The second-order valence-corrected chi connectivity index (χ2v) is 8.11. The molecular weight excluding hydrogens is 408 g/mol. The summed E-state index contributed by atoms with van der Waals surface area (Å²) in [6.07, 6.45) is 0. The van der Waals surface area contributed by atoms with Gasteiger partial charge in [-0.25, -0.2) is 8.42 Å². The Kier molecular flexibility index (Phi) is 6.55. The van der Waals surface area contributed by atoms with Gasteiger partial charge in [0.15, 0.2) is 0 Å². The molecule has 3 aromatic carbocycles. The van der Waals surface area contributed by atoms with E-state index in [4.69, 9.17) is 11.6 Å². The summed E-state index contributed by atoms with van der Waals surface area (Å²) in [6, 6.07) is 21.4. The highest BCUT2D eigenvalue weighted by molar-refractivity contribution is 7.92. The minimum atomic E-state index is -3.77. The van der Waals surface area contributed by atoms with Gasteiger partial charge in [-0.05, 0) is 60.7 Å². The number of amides is 1. The minimum absolute atomic E-state index is 0.0490. The molecule has 0 radical (unpaired) electrons. The van der Waals surface area contributed by atoms with Gasteiger partial charge in [-0.1, -0.05) is 41.6 Å². The third-order valence-electron chi connectivity index (χ3n) is 3.87. The van der Waals surface area contributed by atoms with Crippen molar-refractivity contribution in [2.75, 3.05) is 11.3 Å². The first kappa shape index (κ1) is 20.5. The van der Waals surface area contributed by atoms with Crippen molar-refractivity contribution in [3.63, 3.8) is 0 Å². The SMILES string of the molecule is O=C(NCC#Cc1ccccc1)c1ccc(S(=O)(=O)Nc2ccc(Cl)cc2)cc1. The molecule has 0 aliphatic rings. The Labute approximate surface area is 174 Å². The number of benzene rings is 3. The summed E-state index contributed by atoms with van der Waals surface area (Å²) in [5, 5.41) is 3.19. The van der Waals surface area contributed by atoms with E-state index in [0.29, 0.717) is 16.3 Å². The van der Waals surface area contributed by atoms with Crippen LogP contribution in [0.4, 0.5) is 5.69 Å². The van der Waals surface area contributed by atoms with Crippen molar-refractivity contribution in [3.05, 3.63) is 95.0 Å². The molecule has 29 heavy (non-hydrogen) atoms. The fourth-order valence-corrected chi connectivity index (χ4v) is 3.60. The predicted molar refractivity (Wildman–Crippen MR) is 114 cm³/mol. The van der Waals surface area contributed by atoms with Gasteiger partial charge in [0.05, 0.1) is 11.4 Å². The fraction of sp³-hybridized carbons (Fsp3) is 0.0455. The van der Waals surface area contributed by atoms with Crippen LogP contribution in [0, 0.1) is 11.8 Å². The van der Waals surface area contributed by atoms with Crippen LogP contribution in [-0.2, 0) is 10.0 Å². The van der Waals surface area contributed by atoms with E-state index in [1.165, 1.54) is 24.3 Å². The normalized spacial score (nSPS) is 10.5. The highest BCUT2D eigenvalue weighted by Gasteiger charge is 2.15. The zero-order chi connectivity index (χ0) is 20.7. The maximum absolute atomic E-state index is 12.5. The predicted octanol–water partition coefficient (Wildman–Crippen LogP) is 3.92. The van der Waals surface area contributed by atoms with Crippen LogP contribution < -0.4 is 10.0 Å². The molecule has 0 aliphatic carbocycles. The van der Waals surface area contributed by atoms with Crippen molar-refractivity contribution in [1.82, 2.24) is 5.32 Å². The summed E-state index contributed by atoms with van der Waals surface area (Å²) in [6.45, 7) is 0.186. The molecule has 146 valence electrons. The number of anilines is 1. The summed E-state index contributed by atoms with van der Waals surface area (Å²) in [4.78, 5) is 12.2. The van der Waals surface area contributed by atoms with Crippen LogP contribution in [0.15, 0.2) is 83.8 Å². The molecule has 3 aromatic rings. The van der Waals surface area contributed by atoms with Gasteiger partial charge in [-0.15, -0.1) is 0 Å². The van der Waals surface area contributed by atoms with Crippen LogP contribution in [0.2, 0.25) is 5.02 Å². The Bertz CT molecular complexity index is 1150. The average molecular weight is 425 g/mol. The van der Waals surface area contributed by atoms with Gasteiger partial charge in [0.25, 0.3) is 15.9 Å². The summed E-state index contributed by atoms with van der Waals surface area (Å²) in [5.74, 6) is 5.49. The molecule has 0 aromatic heterocycles. The monoisotopic (exact) mass is 424 g/mol. The second-order valence-electron chi connectivity index (χ2n) is 5.99. The van der Waals surface area contributed by atoms with E-state index in [1.54, 1.807) is 24.3 Å². The lowest BCUT2D eigenvalue weighted by Crippen LogP contribution is -2.23. The summed E-state index contributed by atoms with van der Waals surface area (Å²) < 4.78 is 27.4. The summed E-state index contributed by atoms with van der Waals surface area (Å²) in [5.41, 5.74) is 1.61. The van der Waals surface area contributed by atoms with Crippen molar-refractivity contribution in [3.8, 4) is 11.8 Å². The number of rotatable bonds is 5. The highest BCUT2D eigenvalue weighted by Crippen LogP contribution is 2.18. The lowest BCUT2D eigenvalue weighted by molar-refractivity contribution is 0.0958. The first-order valence-corrected chi connectivity index (χ1v) is 10.5. The standard InChI is InChI=1S/C22H17ClN2O3S/c23-19-10-12-20(13-11-19)25-29(27,28)21-14-8-18(9-15-21)22(26)24-16-4-7-17-5-2-1-3-6-17/h1-3,5-6,8-15,25H,16H2,(H,24,26). The van der Waals surface area contributed by atoms with Crippen LogP contribution in [0.1, 0.15) is 15.9 Å². The van der Waals surface area contributed by atoms with Gasteiger partial charge in [-0.2, -0.15) is 0 Å². The summed E-state index contributed by atoms with van der Waals surface area (Å²) >= 11 is 5.80. The van der Waals surface area contributed by atoms with Crippen molar-refractivity contribution < 1.29 is 13.2 Å². The van der Waals surface area contributed by atoms with Gasteiger partial charge in [0.2, 0.25) is 0 Å². The van der Waals surface area contributed by atoms with E-state index in [9.17, 15) is 13.2 Å². The lowest BCUT2D eigenvalue weighted by Gasteiger charge is -2.09. The zero-order valence-corrected chi connectivity index (χ0v) is 16.8. The van der Waals surface area contributed by atoms with Crippen LogP contribution in [-0.4, -0.2) is 20.9 Å². The number of carbonyl (C=O) groups excluding carboxylic acids is 1. The minimum Gasteiger partial charge on any atom is -0.341 e. The Morgan fingerprint density at radius 3 is 2.21 bits per heavy atom. The van der Waals surface area contributed by atoms with Crippen molar-refractivity contribution >= 4 is 33.2 Å². The maximum Gasteiger partial charge on any atom is 0.261 e. The van der Waals surface area contributed by atoms with E-state index in [1.807, 2.05) is 30.3 Å². The molecule has 2 N–H and O–H groups in total. The molecule has 0 saturated heterocycles. The van der Waals surface area contributed by atoms with E-state index in [-0.39, 0.29) is 17.3 Å². The molecule has 0 fully saturated rings. The van der Waals surface area contributed by atoms with Crippen LogP contribution in [0.25, 0.3) is 0 Å². The first-order chi connectivity index (χ1) is 13.9. The van der Waals surface area contributed by atoms with Crippen molar-refractivity contribution in [1.29, 1.82) is 0 Å². The molecule has 0 aliphatic heterocycles. The lowest BCUT2D eigenvalue weighted by atomic mass is 10.2. The zero-order valence-electron chi connectivity index (χ0n) is 15.2. The number of hydrogen-bond donors (Lipinski definition) is 2. The molecule has 7 heteroatoms. The Balaban J connectivity index is 1.60. The van der Waals surface area contributed by atoms with E-state index in [0.717, 1.165) is 5.56 Å². The van der Waals surface area contributed by atoms with Gasteiger partial charge in [0, 0.05) is 21.8 Å². The van der Waals surface area contributed by atoms with E-state index < -0.39 is 10.0 Å². The molecule has 0 bridgehead atoms. The molecule has 3 rings (SSSR count). The average Bonchev–Trinajstić information content (AvgIpc) is 2.73. The van der Waals surface area contributed by atoms with Gasteiger partial charge < -0.3 is 5.32 Å². The Morgan fingerprint density at radius 2 is 1.55 bits per heavy atom. The number of hydrogen-bond acceptors (Lipinski definition) is 3. The Morgan fingerprint density at radius 1 is 0.897 bits per heavy atom. The highest BCUT2D eigenvalue weighted by atomic mass is 35.5. The number of carbonyl (C=O) groups is 1. The van der Waals surface area contributed by atoms with Crippen molar-refractivity contribution in [2.45, 2.75) is 4.90 Å². The smallest absolute Gasteiger partial charge is 0.261 e. The van der Waals surface area contributed by atoms with E-state index in [2.05, 4.69) is 21.9 Å². The third kappa shape index (κ3) is 5.85. The molecule has 0 spiro atoms. The maximum atomic E-state index is 12.5. The van der Waals surface area contributed by atoms with E-state index >= 15 is 0 Å². The van der Waals surface area contributed by atoms with Crippen LogP contribution in [0.5, 0.6) is 0 Å². The number of halogens is 1. The molecule has 0 saturated carbocycles. The van der Waals surface area contributed by atoms with Crippen LogP contribution >= 0.6 is 11.6 Å². The third-order valence-corrected chi connectivity index (χ3v) is 5.52. The quantitative estimate of drug-likeness (QED) is 0.609. The molecular formula is C22H17ClN2O3S. The number of sulfonamides is 1. The first-order valence-electron chi connectivity index (χ1n) is 8.65. The second kappa shape index (κ2) is 9.28. The van der Waals surface area contributed by atoms with Gasteiger partial charge >= 0.3 is 0 Å². The molecule has 0 heterocycles.